The molecule has 3 aromatic rings. The molecule has 7 heteroatoms. The number of carbonyl (C=O) groups is 1. The van der Waals surface area contributed by atoms with Crippen LogP contribution in [0.5, 0.6) is 11.5 Å². The number of carbonyl (C=O) groups excluding carboxylic acids is 1. The number of aliphatic hydroxyl groups excluding tert-OH is 2. The molecular formula is C26H30N2O5. The van der Waals surface area contributed by atoms with Crippen LogP contribution in [-0.4, -0.2) is 55.1 Å². The lowest BCUT2D eigenvalue weighted by molar-refractivity contribution is 0.0997. The van der Waals surface area contributed by atoms with Crippen molar-refractivity contribution in [2.45, 2.75) is 18.6 Å². The average molecular weight is 451 g/mol. The highest BCUT2D eigenvalue weighted by Crippen LogP contribution is 2.16. The molecule has 0 saturated carbocycles. The van der Waals surface area contributed by atoms with Crippen LogP contribution in [-0.2, 0) is 6.42 Å². The third-order valence-corrected chi connectivity index (χ3v) is 5.07. The zero-order valence-corrected chi connectivity index (χ0v) is 18.6. The highest BCUT2D eigenvalue weighted by Gasteiger charge is 2.13. The number of hydrogen-bond acceptors (Lipinski definition) is 6. The van der Waals surface area contributed by atoms with Crippen molar-refractivity contribution in [3.8, 4) is 11.5 Å². The summed E-state index contributed by atoms with van der Waals surface area (Å²) in [5, 5.41) is 25.9. The molecule has 0 radical (unpaired) electrons. The summed E-state index contributed by atoms with van der Waals surface area (Å²) in [6.45, 7) is 0.393. The van der Waals surface area contributed by atoms with E-state index >= 15 is 0 Å². The van der Waals surface area contributed by atoms with Crippen LogP contribution < -0.4 is 20.1 Å². The van der Waals surface area contributed by atoms with Crippen LogP contribution in [0, 0.1) is 0 Å². The maximum Gasteiger partial charge on any atom is 0.255 e. The van der Waals surface area contributed by atoms with E-state index < -0.39 is 6.10 Å². The third-order valence-electron chi connectivity index (χ3n) is 5.07. The number of aliphatic hydroxyl groups is 2. The molecule has 0 bridgehead atoms. The van der Waals surface area contributed by atoms with E-state index in [4.69, 9.17) is 9.47 Å². The summed E-state index contributed by atoms with van der Waals surface area (Å²) >= 11 is 0. The van der Waals surface area contributed by atoms with Gasteiger partial charge in [0.2, 0.25) is 0 Å². The Bertz CT molecular complexity index is 995. The van der Waals surface area contributed by atoms with Crippen molar-refractivity contribution in [3.63, 3.8) is 0 Å². The second-order valence-electron chi connectivity index (χ2n) is 7.65. The molecule has 3 aromatic carbocycles. The van der Waals surface area contributed by atoms with Crippen LogP contribution in [0.1, 0.15) is 15.9 Å². The van der Waals surface area contributed by atoms with Gasteiger partial charge < -0.3 is 30.3 Å². The number of nitrogens with one attached hydrogen (secondary N) is 2. The summed E-state index contributed by atoms with van der Waals surface area (Å²) < 4.78 is 10.7. The van der Waals surface area contributed by atoms with E-state index in [0.29, 0.717) is 35.7 Å². The lowest BCUT2D eigenvalue weighted by Gasteiger charge is -2.19. The molecular weight excluding hydrogens is 420 g/mol. The first-order valence-corrected chi connectivity index (χ1v) is 10.8. The molecule has 33 heavy (non-hydrogen) atoms. The molecule has 0 aliphatic heterocycles. The molecule has 7 nitrogen and oxygen atoms in total. The van der Waals surface area contributed by atoms with Crippen LogP contribution in [0.15, 0.2) is 78.9 Å². The summed E-state index contributed by atoms with van der Waals surface area (Å²) in [4.78, 5) is 12.4. The smallest absolute Gasteiger partial charge is 0.255 e. The number of hydrogen-bond donors (Lipinski definition) is 4. The number of methoxy groups -OCH3 is 1. The predicted molar refractivity (Wildman–Crippen MR) is 128 cm³/mol. The fourth-order valence-corrected chi connectivity index (χ4v) is 3.25. The van der Waals surface area contributed by atoms with Crippen LogP contribution >= 0.6 is 0 Å². The fraction of sp³-hybridized carbons (Fsp3) is 0.269. The predicted octanol–water partition coefficient (Wildman–Crippen LogP) is 2.88. The minimum absolute atomic E-state index is 0.0689. The Morgan fingerprint density at radius 1 is 0.970 bits per heavy atom. The van der Waals surface area contributed by atoms with Gasteiger partial charge in [-0.3, -0.25) is 4.79 Å². The lowest BCUT2D eigenvalue weighted by Crippen LogP contribution is -2.41. The zero-order chi connectivity index (χ0) is 23.5. The molecule has 174 valence electrons. The minimum atomic E-state index is -0.701. The number of ether oxygens (including phenoxy) is 2. The maximum atomic E-state index is 12.4. The van der Waals surface area contributed by atoms with Crippen molar-refractivity contribution < 1.29 is 24.5 Å². The van der Waals surface area contributed by atoms with Gasteiger partial charge in [0.05, 0.1) is 13.7 Å². The van der Waals surface area contributed by atoms with E-state index in [1.165, 1.54) is 0 Å². The number of rotatable bonds is 12. The van der Waals surface area contributed by atoms with E-state index in [2.05, 4.69) is 10.6 Å². The molecule has 0 heterocycles. The number of benzene rings is 3. The first-order chi connectivity index (χ1) is 16.1. The second-order valence-corrected chi connectivity index (χ2v) is 7.65. The number of para-hydroxylation sites is 1. The maximum absolute atomic E-state index is 12.4. The van der Waals surface area contributed by atoms with Gasteiger partial charge in [-0.15, -0.1) is 0 Å². The SMILES string of the molecule is COc1cccc(C(=O)Nc2ccc(C[C@@H](CO)NC[C@H](O)COc3ccccc3)cc2)c1. The van der Waals surface area contributed by atoms with Crippen LogP contribution in [0.2, 0.25) is 0 Å². The Kier molecular flexibility index (Phi) is 9.26. The Hall–Kier alpha value is -3.39. The monoisotopic (exact) mass is 450 g/mol. The molecule has 0 fully saturated rings. The largest absolute Gasteiger partial charge is 0.497 e. The average Bonchev–Trinajstić information content (AvgIpc) is 2.86. The topological polar surface area (TPSA) is 100 Å². The zero-order valence-electron chi connectivity index (χ0n) is 18.6. The number of amides is 1. The molecule has 0 aliphatic rings. The Morgan fingerprint density at radius 3 is 2.39 bits per heavy atom. The Morgan fingerprint density at radius 2 is 1.70 bits per heavy atom. The van der Waals surface area contributed by atoms with E-state index in [1.54, 1.807) is 31.4 Å². The van der Waals surface area contributed by atoms with Crippen molar-refractivity contribution in [2.75, 3.05) is 32.2 Å². The quantitative estimate of drug-likeness (QED) is 0.339. The first-order valence-electron chi connectivity index (χ1n) is 10.8. The molecule has 1 amide bonds. The Balaban J connectivity index is 1.45. The summed E-state index contributed by atoms with van der Waals surface area (Å²) in [7, 11) is 1.56. The summed E-state index contributed by atoms with van der Waals surface area (Å²) in [6.07, 6.45) is -0.124. The van der Waals surface area contributed by atoms with Crippen molar-refractivity contribution in [2.24, 2.45) is 0 Å². The van der Waals surface area contributed by atoms with Gasteiger partial charge in [-0.25, -0.2) is 0 Å². The van der Waals surface area contributed by atoms with Crippen LogP contribution in [0.25, 0.3) is 0 Å². The number of anilines is 1. The summed E-state index contributed by atoms with van der Waals surface area (Å²) in [5.74, 6) is 1.11. The normalized spacial score (nSPS) is 12.6. The second kappa shape index (κ2) is 12.6. The molecule has 3 rings (SSSR count). The van der Waals surface area contributed by atoms with Gasteiger partial charge in [0, 0.05) is 23.8 Å². The van der Waals surface area contributed by atoms with Gasteiger partial charge in [0.1, 0.15) is 24.2 Å². The van der Waals surface area contributed by atoms with E-state index in [0.717, 1.165) is 5.56 Å². The molecule has 0 aliphatic carbocycles. The van der Waals surface area contributed by atoms with E-state index in [9.17, 15) is 15.0 Å². The fourth-order valence-electron chi connectivity index (χ4n) is 3.25. The first kappa shape index (κ1) is 24.3. The highest BCUT2D eigenvalue weighted by atomic mass is 16.5. The van der Waals surface area contributed by atoms with Crippen LogP contribution in [0.3, 0.4) is 0 Å². The standard InChI is InChI=1S/C26H30N2O5/c1-32-25-9-5-6-20(15-25)26(31)28-21-12-10-19(11-13-21)14-22(17-29)27-16-23(30)18-33-24-7-3-2-4-8-24/h2-13,15,22-23,27,29-30H,14,16-18H2,1H3,(H,28,31)/t22-,23-/m0/s1. The minimum Gasteiger partial charge on any atom is -0.497 e. The van der Waals surface area contributed by atoms with E-state index in [-0.39, 0.29) is 25.2 Å². The third kappa shape index (κ3) is 7.91. The van der Waals surface area contributed by atoms with Gasteiger partial charge in [0.15, 0.2) is 0 Å². The van der Waals surface area contributed by atoms with Gasteiger partial charge in [-0.1, -0.05) is 36.4 Å². The molecule has 0 aromatic heterocycles. The van der Waals surface area contributed by atoms with Crippen molar-refractivity contribution >= 4 is 11.6 Å². The van der Waals surface area contributed by atoms with Crippen molar-refractivity contribution in [1.82, 2.24) is 5.32 Å². The molecule has 2 atom stereocenters. The highest BCUT2D eigenvalue weighted by molar-refractivity contribution is 6.04. The van der Waals surface area contributed by atoms with Gasteiger partial charge in [-0.05, 0) is 54.4 Å². The lowest BCUT2D eigenvalue weighted by atomic mass is 10.1. The molecule has 0 unspecified atom stereocenters. The van der Waals surface area contributed by atoms with Gasteiger partial charge >= 0.3 is 0 Å². The Labute approximate surface area is 194 Å². The van der Waals surface area contributed by atoms with Crippen molar-refractivity contribution in [1.29, 1.82) is 0 Å². The summed E-state index contributed by atoms with van der Waals surface area (Å²) in [5.41, 5.74) is 2.18. The molecule has 0 spiro atoms. The summed E-state index contributed by atoms with van der Waals surface area (Å²) in [6, 6.07) is 23.5. The van der Waals surface area contributed by atoms with Crippen molar-refractivity contribution in [3.05, 3.63) is 90.0 Å². The molecule has 4 N–H and O–H groups in total. The molecule has 0 saturated heterocycles. The van der Waals surface area contributed by atoms with Gasteiger partial charge in [-0.2, -0.15) is 0 Å². The van der Waals surface area contributed by atoms with E-state index in [1.807, 2.05) is 54.6 Å². The van der Waals surface area contributed by atoms with Crippen LogP contribution in [0.4, 0.5) is 5.69 Å². The van der Waals surface area contributed by atoms with Gasteiger partial charge in [0.25, 0.3) is 5.91 Å².